The van der Waals surface area contributed by atoms with Gasteiger partial charge in [-0.25, -0.2) is 0 Å². The zero-order valence-electron chi connectivity index (χ0n) is 10.0. The van der Waals surface area contributed by atoms with Crippen LogP contribution in [0.3, 0.4) is 0 Å². The summed E-state index contributed by atoms with van der Waals surface area (Å²) in [6.07, 6.45) is 2.19. The molecule has 1 N–H and O–H groups in total. The van der Waals surface area contributed by atoms with Gasteiger partial charge in [-0.1, -0.05) is 6.07 Å². The Balaban J connectivity index is 2.74. The van der Waals surface area contributed by atoms with E-state index in [1.54, 1.807) is 18.2 Å². The molecule has 1 rings (SSSR count). The molecule has 0 heterocycles. The van der Waals surface area contributed by atoms with Crippen molar-refractivity contribution in [1.29, 1.82) is 0 Å². The minimum Gasteiger partial charge on any atom is -0.490 e. The lowest BCUT2D eigenvalue weighted by molar-refractivity contribution is 0.111. The Hall–Kier alpha value is -1.55. The number of carbonyl (C=O) groups is 1. The highest BCUT2D eigenvalue weighted by Gasteiger charge is 2.10. The van der Waals surface area contributed by atoms with E-state index in [1.165, 1.54) is 0 Å². The highest BCUT2D eigenvalue weighted by atomic mass is 16.5. The Bertz CT molecular complexity index is 349. The van der Waals surface area contributed by atoms with Crippen molar-refractivity contribution in [3.63, 3.8) is 0 Å². The van der Waals surface area contributed by atoms with Crippen molar-refractivity contribution in [3.05, 3.63) is 23.8 Å². The fourth-order valence-electron chi connectivity index (χ4n) is 1.44. The van der Waals surface area contributed by atoms with Crippen LogP contribution in [0, 0.1) is 0 Å². The molecule has 0 aliphatic carbocycles. The van der Waals surface area contributed by atoms with Gasteiger partial charge in [-0.3, -0.25) is 4.79 Å². The maximum absolute atomic E-state index is 10.9. The predicted octanol–water partition coefficient (Wildman–Crippen LogP) is 2.05. The molecule has 0 fully saturated rings. The topological polar surface area (TPSA) is 55.8 Å². The normalized spacial score (nSPS) is 10.0. The van der Waals surface area contributed by atoms with Crippen molar-refractivity contribution in [3.8, 4) is 11.5 Å². The number of rotatable bonds is 8. The van der Waals surface area contributed by atoms with Gasteiger partial charge in [0.1, 0.15) is 0 Å². The quantitative estimate of drug-likeness (QED) is 0.556. The number of para-hydroxylation sites is 1. The summed E-state index contributed by atoms with van der Waals surface area (Å²) in [5, 5.41) is 8.67. The molecule has 0 saturated carbocycles. The van der Waals surface area contributed by atoms with Crippen LogP contribution in [0.4, 0.5) is 0 Å². The van der Waals surface area contributed by atoms with E-state index in [-0.39, 0.29) is 6.61 Å². The summed E-state index contributed by atoms with van der Waals surface area (Å²) in [5.41, 5.74) is 0.486. The average molecular weight is 238 g/mol. The van der Waals surface area contributed by atoms with Gasteiger partial charge >= 0.3 is 0 Å². The highest BCUT2D eigenvalue weighted by molar-refractivity contribution is 5.81. The summed E-state index contributed by atoms with van der Waals surface area (Å²) < 4.78 is 10.9. The molecule has 0 aromatic heterocycles. The molecule has 0 aliphatic heterocycles. The van der Waals surface area contributed by atoms with Gasteiger partial charge in [-0.15, -0.1) is 0 Å². The van der Waals surface area contributed by atoms with E-state index in [9.17, 15) is 4.79 Å². The second-order valence-corrected chi connectivity index (χ2v) is 3.50. The van der Waals surface area contributed by atoms with Crippen LogP contribution >= 0.6 is 0 Å². The minimum absolute atomic E-state index is 0.150. The second kappa shape index (κ2) is 7.68. The molecule has 0 atom stereocenters. The lowest BCUT2D eigenvalue weighted by atomic mass is 10.2. The van der Waals surface area contributed by atoms with Gasteiger partial charge < -0.3 is 14.6 Å². The average Bonchev–Trinajstić information content (AvgIpc) is 2.36. The maximum Gasteiger partial charge on any atom is 0.171 e. The Morgan fingerprint density at radius 1 is 1.29 bits per heavy atom. The van der Waals surface area contributed by atoms with Crippen LogP contribution < -0.4 is 9.47 Å². The molecule has 4 nitrogen and oxygen atoms in total. The fraction of sp³-hybridized carbons (Fsp3) is 0.462. The van der Waals surface area contributed by atoms with E-state index in [0.717, 1.165) is 12.7 Å². The van der Waals surface area contributed by atoms with Crippen molar-refractivity contribution in [2.45, 2.75) is 19.8 Å². The molecule has 0 bridgehead atoms. The van der Waals surface area contributed by atoms with Crippen molar-refractivity contribution >= 4 is 6.29 Å². The molecule has 1 aromatic carbocycles. The first kappa shape index (κ1) is 13.5. The summed E-state index contributed by atoms with van der Waals surface area (Å²) in [6.45, 7) is 3.01. The van der Waals surface area contributed by atoms with Crippen LogP contribution in [0.5, 0.6) is 11.5 Å². The molecule has 17 heavy (non-hydrogen) atoms. The van der Waals surface area contributed by atoms with Crippen LogP contribution in [0.1, 0.15) is 30.1 Å². The van der Waals surface area contributed by atoms with E-state index in [1.807, 2.05) is 6.92 Å². The molecule has 4 heteroatoms. The number of aliphatic hydroxyl groups is 1. The maximum atomic E-state index is 10.9. The van der Waals surface area contributed by atoms with Gasteiger partial charge in [0, 0.05) is 6.61 Å². The Morgan fingerprint density at radius 2 is 2.12 bits per heavy atom. The van der Waals surface area contributed by atoms with Crippen molar-refractivity contribution in [2.75, 3.05) is 19.8 Å². The zero-order chi connectivity index (χ0) is 12.5. The van der Waals surface area contributed by atoms with Crippen LogP contribution in [0.15, 0.2) is 18.2 Å². The van der Waals surface area contributed by atoms with Crippen LogP contribution in [0.25, 0.3) is 0 Å². The monoisotopic (exact) mass is 238 g/mol. The molecular weight excluding hydrogens is 220 g/mol. The van der Waals surface area contributed by atoms with Gasteiger partial charge in [0.15, 0.2) is 17.8 Å². The number of aliphatic hydroxyl groups excluding tert-OH is 1. The number of aldehydes is 1. The number of hydrogen-bond donors (Lipinski definition) is 1. The molecular formula is C13H18O4. The molecule has 0 spiro atoms. The number of carbonyl (C=O) groups excluding carboxylic acids is 1. The Morgan fingerprint density at radius 3 is 2.76 bits per heavy atom. The largest absolute Gasteiger partial charge is 0.490 e. The summed E-state index contributed by atoms with van der Waals surface area (Å²) in [4.78, 5) is 10.9. The lowest BCUT2D eigenvalue weighted by Gasteiger charge is -2.13. The van der Waals surface area contributed by atoms with Gasteiger partial charge in [0.2, 0.25) is 0 Å². The Labute approximate surface area is 101 Å². The number of ether oxygens (including phenoxy) is 2. The molecule has 0 saturated heterocycles. The molecule has 0 radical (unpaired) electrons. The van der Waals surface area contributed by atoms with Crippen molar-refractivity contribution in [2.24, 2.45) is 0 Å². The summed E-state index contributed by atoms with van der Waals surface area (Å²) in [5.74, 6) is 1.07. The minimum atomic E-state index is 0.150. The first-order valence-corrected chi connectivity index (χ1v) is 5.78. The summed E-state index contributed by atoms with van der Waals surface area (Å²) in [7, 11) is 0. The van der Waals surface area contributed by atoms with E-state index in [4.69, 9.17) is 14.6 Å². The summed E-state index contributed by atoms with van der Waals surface area (Å²) in [6, 6.07) is 5.23. The van der Waals surface area contributed by atoms with E-state index in [0.29, 0.717) is 36.7 Å². The zero-order valence-corrected chi connectivity index (χ0v) is 10.0. The molecule has 0 amide bonds. The van der Waals surface area contributed by atoms with Crippen LogP contribution in [-0.4, -0.2) is 31.2 Å². The number of hydrogen-bond acceptors (Lipinski definition) is 4. The predicted molar refractivity (Wildman–Crippen MR) is 64.8 cm³/mol. The van der Waals surface area contributed by atoms with Gasteiger partial charge in [0.05, 0.1) is 18.8 Å². The smallest absolute Gasteiger partial charge is 0.171 e. The second-order valence-electron chi connectivity index (χ2n) is 3.50. The third-order valence-electron chi connectivity index (χ3n) is 2.24. The van der Waals surface area contributed by atoms with Crippen molar-refractivity contribution < 1.29 is 19.4 Å². The van der Waals surface area contributed by atoms with Gasteiger partial charge in [0.25, 0.3) is 0 Å². The van der Waals surface area contributed by atoms with Gasteiger partial charge in [-0.05, 0) is 31.9 Å². The standard InChI is InChI=1S/C13H18O4/c1-2-16-12-7-5-6-11(10-15)13(12)17-9-4-3-8-14/h5-7,10,14H,2-4,8-9H2,1H3. The van der Waals surface area contributed by atoms with Gasteiger partial charge in [-0.2, -0.15) is 0 Å². The third-order valence-corrected chi connectivity index (χ3v) is 2.24. The first-order chi connectivity index (χ1) is 8.33. The molecule has 1 aromatic rings. The Kier molecular flexibility index (Phi) is 6.10. The number of benzene rings is 1. The molecule has 94 valence electrons. The van der Waals surface area contributed by atoms with E-state index < -0.39 is 0 Å². The summed E-state index contributed by atoms with van der Waals surface area (Å²) >= 11 is 0. The van der Waals surface area contributed by atoms with Crippen LogP contribution in [0.2, 0.25) is 0 Å². The fourth-order valence-corrected chi connectivity index (χ4v) is 1.44. The highest BCUT2D eigenvalue weighted by Crippen LogP contribution is 2.30. The van der Waals surface area contributed by atoms with E-state index >= 15 is 0 Å². The molecule has 0 unspecified atom stereocenters. The van der Waals surface area contributed by atoms with Crippen LogP contribution in [-0.2, 0) is 0 Å². The van der Waals surface area contributed by atoms with E-state index in [2.05, 4.69) is 0 Å². The first-order valence-electron chi connectivity index (χ1n) is 5.78. The van der Waals surface area contributed by atoms with Crippen molar-refractivity contribution in [1.82, 2.24) is 0 Å². The SMILES string of the molecule is CCOc1cccc(C=O)c1OCCCCO. The third kappa shape index (κ3) is 4.07. The lowest BCUT2D eigenvalue weighted by Crippen LogP contribution is -2.04. The molecule has 0 aliphatic rings. The number of unbranched alkanes of at least 4 members (excludes halogenated alkanes) is 1.